The van der Waals surface area contributed by atoms with E-state index in [1.54, 1.807) is 6.92 Å². The smallest absolute Gasteiger partial charge is 0.128 e. The van der Waals surface area contributed by atoms with Crippen molar-refractivity contribution in [3.8, 4) is 0 Å². The molecular formula is C16H24N2O. The van der Waals surface area contributed by atoms with E-state index in [9.17, 15) is 5.11 Å². The van der Waals surface area contributed by atoms with Gasteiger partial charge in [-0.2, -0.15) is 0 Å². The average Bonchev–Trinajstić information content (AvgIpc) is 3.09. The lowest BCUT2D eigenvalue weighted by Crippen LogP contribution is -2.35. The maximum Gasteiger partial charge on any atom is 0.128 e. The molecule has 3 heteroatoms. The zero-order valence-electron chi connectivity index (χ0n) is 11.8. The second-order valence-corrected chi connectivity index (χ2v) is 6.07. The van der Waals surface area contributed by atoms with Crippen molar-refractivity contribution in [1.29, 1.82) is 0 Å². The van der Waals surface area contributed by atoms with E-state index in [0.29, 0.717) is 6.04 Å². The summed E-state index contributed by atoms with van der Waals surface area (Å²) in [6.45, 7) is 2.93. The summed E-state index contributed by atoms with van der Waals surface area (Å²) in [6, 6.07) is 4.79. The van der Waals surface area contributed by atoms with Gasteiger partial charge in [0.2, 0.25) is 0 Å². The van der Waals surface area contributed by atoms with Crippen molar-refractivity contribution in [3.05, 3.63) is 23.9 Å². The standard InChI is InChI=1S/C16H24N2O/c1-12(19)14-8-9-16(17-11-14)18-10-4-7-15(18)13-5-2-3-6-13/h8-9,11-13,15,19H,2-7,10H2,1H3/t12-,15?/m1/s1. The van der Waals surface area contributed by atoms with E-state index in [1.807, 2.05) is 12.3 Å². The van der Waals surface area contributed by atoms with Crippen molar-refractivity contribution in [2.24, 2.45) is 5.92 Å². The minimum absolute atomic E-state index is 0.425. The van der Waals surface area contributed by atoms with E-state index in [2.05, 4.69) is 16.0 Å². The van der Waals surface area contributed by atoms with Gasteiger partial charge in [0, 0.05) is 18.8 Å². The normalized spacial score (nSPS) is 26.0. The number of hydrogen-bond donors (Lipinski definition) is 1. The Balaban J connectivity index is 1.76. The summed E-state index contributed by atoms with van der Waals surface area (Å²) in [7, 11) is 0. The number of anilines is 1. The molecule has 104 valence electrons. The minimum Gasteiger partial charge on any atom is -0.389 e. The van der Waals surface area contributed by atoms with Crippen molar-refractivity contribution in [1.82, 2.24) is 4.98 Å². The third kappa shape index (κ3) is 2.62. The van der Waals surface area contributed by atoms with Gasteiger partial charge in [-0.1, -0.05) is 18.9 Å². The number of nitrogens with zero attached hydrogens (tertiary/aromatic N) is 2. The molecule has 3 rings (SSSR count). The van der Waals surface area contributed by atoms with Crippen LogP contribution in [-0.2, 0) is 0 Å². The summed E-state index contributed by atoms with van der Waals surface area (Å²) in [4.78, 5) is 7.07. The van der Waals surface area contributed by atoms with Crippen molar-refractivity contribution in [2.75, 3.05) is 11.4 Å². The molecule has 3 nitrogen and oxygen atoms in total. The van der Waals surface area contributed by atoms with E-state index in [1.165, 1.54) is 38.5 Å². The second kappa shape index (κ2) is 5.49. The van der Waals surface area contributed by atoms with E-state index in [4.69, 9.17) is 0 Å². The molecule has 1 aromatic heterocycles. The Hall–Kier alpha value is -1.09. The Bertz CT molecular complexity index is 409. The maximum atomic E-state index is 9.55. The lowest BCUT2D eigenvalue weighted by Gasteiger charge is -2.30. The molecule has 1 saturated carbocycles. The molecule has 1 N–H and O–H groups in total. The Kier molecular flexibility index (Phi) is 3.74. The van der Waals surface area contributed by atoms with Gasteiger partial charge in [-0.15, -0.1) is 0 Å². The van der Waals surface area contributed by atoms with Gasteiger partial charge in [-0.25, -0.2) is 4.98 Å². The molecule has 0 bridgehead atoms. The fourth-order valence-electron chi connectivity index (χ4n) is 3.72. The van der Waals surface area contributed by atoms with E-state index in [0.717, 1.165) is 23.8 Å². The van der Waals surface area contributed by atoms with Crippen LogP contribution in [0.25, 0.3) is 0 Å². The number of rotatable bonds is 3. The first-order valence-corrected chi connectivity index (χ1v) is 7.66. The predicted molar refractivity (Wildman–Crippen MR) is 77.2 cm³/mol. The third-order valence-electron chi connectivity index (χ3n) is 4.79. The number of hydrogen-bond acceptors (Lipinski definition) is 3. The van der Waals surface area contributed by atoms with Crippen LogP contribution in [0.2, 0.25) is 0 Å². The molecule has 1 aromatic rings. The molecule has 0 spiro atoms. The monoisotopic (exact) mass is 260 g/mol. The molecule has 19 heavy (non-hydrogen) atoms. The van der Waals surface area contributed by atoms with Crippen LogP contribution < -0.4 is 4.90 Å². The van der Waals surface area contributed by atoms with Crippen LogP contribution in [0.5, 0.6) is 0 Å². The van der Waals surface area contributed by atoms with E-state index in [-0.39, 0.29) is 0 Å². The van der Waals surface area contributed by atoms with Crippen LogP contribution in [0.15, 0.2) is 18.3 Å². The Morgan fingerprint density at radius 1 is 1.21 bits per heavy atom. The van der Waals surface area contributed by atoms with Crippen LogP contribution in [0, 0.1) is 5.92 Å². The maximum absolute atomic E-state index is 9.55. The van der Waals surface area contributed by atoms with Gasteiger partial charge in [-0.3, -0.25) is 0 Å². The lowest BCUT2D eigenvalue weighted by molar-refractivity contribution is 0.199. The quantitative estimate of drug-likeness (QED) is 0.906. The van der Waals surface area contributed by atoms with Crippen LogP contribution in [0.1, 0.15) is 57.1 Å². The van der Waals surface area contributed by atoms with Crippen molar-refractivity contribution in [2.45, 2.75) is 57.6 Å². The number of pyridine rings is 1. The topological polar surface area (TPSA) is 36.4 Å². The molecule has 1 saturated heterocycles. The van der Waals surface area contributed by atoms with E-state index < -0.39 is 6.10 Å². The molecule has 2 aliphatic rings. The highest BCUT2D eigenvalue weighted by Crippen LogP contribution is 2.37. The van der Waals surface area contributed by atoms with Gasteiger partial charge in [0.05, 0.1) is 6.10 Å². The molecule has 2 atom stereocenters. The predicted octanol–water partition coefficient (Wildman–Crippen LogP) is 3.29. The van der Waals surface area contributed by atoms with E-state index >= 15 is 0 Å². The fourth-order valence-corrected chi connectivity index (χ4v) is 3.72. The minimum atomic E-state index is -0.425. The molecule has 0 amide bonds. The fraction of sp³-hybridized carbons (Fsp3) is 0.688. The van der Waals surface area contributed by atoms with Crippen molar-refractivity contribution in [3.63, 3.8) is 0 Å². The molecule has 0 radical (unpaired) electrons. The molecule has 2 heterocycles. The summed E-state index contributed by atoms with van der Waals surface area (Å²) in [5, 5.41) is 9.55. The van der Waals surface area contributed by atoms with Gasteiger partial charge in [0.25, 0.3) is 0 Å². The van der Waals surface area contributed by atoms with Gasteiger partial charge < -0.3 is 10.0 Å². The zero-order valence-corrected chi connectivity index (χ0v) is 11.8. The van der Waals surface area contributed by atoms with Gasteiger partial charge in [0.1, 0.15) is 5.82 Å². The number of aliphatic hydroxyl groups is 1. The Morgan fingerprint density at radius 2 is 2.00 bits per heavy atom. The van der Waals surface area contributed by atoms with Gasteiger partial charge >= 0.3 is 0 Å². The molecule has 2 fully saturated rings. The van der Waals surface area contributed by atoms with Crippen LogP contribution in [0.3, 0.4) is 0 Å². The SMILES string of the molecule is C[C@@H](O)c1ccc(N2CCCC2C2CCCC2)nc1. The van der Waals surface area contributed by atoms with Crippen molar-refractivity contribution < 1.29 is 5.11 Å². The molecule has 1 unspecified atom stereocenters. The summed E-state index contributed by atoms with van der Waals surface area (Å²) < 4.78 is 0. The molecule has 0 aromatic carbocycles. The molecular weight excluding hydrogens is 236 g/mol. The highest BCUT2D eigenvalue weighted by atomic mass is 16.3. The first-order chi connectivity index (χ1) is 9.25. The summed E-state index contributed by atoms with van der Waals surface area (Å²) in [5.74, 6) is 1.97. The number of aromatic nitrogens is 1. The van der Waals surface area contributed by atoms with Crippen LogP contribution in [-0.4, -0.2) is 22.7 Å². The summed E-state index contributed by atoms with van der Waals surface area (Å²) in [5.41, 5.74) is 0.903. The first-order valence-electron chi connectivity index (χ1n) is 7.66. The van der Waals surface area contributed by atoms with Gasteiger partial charge in [0.15, 0.2) is 0 Å². The van der Waals surface area contributed by atoms with Crippen LogP contribution >= 0.6 is 0 Å². The lowest BCUT2D eigenvalue weighted by atomic mass is 9.96. The van der Waals surface area contributed by atoms with Crippen molar-refractivity contribution >= 4 is 5.82 Å². The highest BCUT2D eigenvalue weighted by molar-refractivity contribution is 5.42. The molecule has 1 aliphatic carbocycles. The Labute approximate surface area is 115 Å². The first kappa shape index (κ1) is 12.9. The van der Waals surface area contributed by atoms with Gasteiger partial charge in [-0.05, 0) is 50.2 Å². The van der Waals surface area contributed by atoms with Crippen LogP contribution in [0.4, 0.5) is 5.82 Å². The second-order valence-electron chi connectivity index (χ2n) is 6.07. The highest BCUT2D eigenvalue weighted by Gasteiger charge is 2.33. The summed E-state index contributed by atoms with van der Waals surface area (Å²) in [6.07, 6.45) is 9.62. The Morgan fingerprint density at radius 3 is 2.63 bits per heavy atom. The number of aliphatic hydroxyl groups excluding tert-OH is 1. The zero-order chi connectivity index (χ0) is 13.2. The largest absolute Gasteiger partial charge is 0.389 e. The molecule has 1 aliphatic heterocycles. The summed E-state index contributed by atoms with van der Waals surface area (Å²) >= 11 is 0. The third-order valence-corrected chi connectivity index (χ3v) is 4.79. The average molecular weight is 260 g/mol.